The van der Waals surface area contributed by atoms with Gasteiger partial charge in [0.05, 0.1) is 0 Å². The monoisotopic (exact) mass is 253 g/mol. The zero-order valence-corrected chi connectivity index (χ0v) is 10.0. The first kappa shape index (κ1) is 10.2. The average molecular weight is 254 g/mol. The Morgan fingerprint density at radius 2 is 2.07 bits per heavy atom. The molecule has 0 radical (unpaired) electrons. The van der Waals surface area contributed by atoms with Crippen LogP contribution in [0.25, 0.3) is 0 Å². The molecule has 2 heteroatoms. The predicted molar refractivity (Wildman–Crippen MR) is 63.1 cm³/mol. The van der Waals surface area contributed by atoms with Crippen molar-refractivity contribution < 1.29 is 0 Å². The van der Waals surface area contributed by atoms with Gasteiger partial charge in [-0.2, -0.15) is 0 Å². The van der Waals surface area contributed by atoms with E-state index in [-0.39, 0.29) is 0 Å². The molecule has 2 N–H and O–H groups in total. The minimum atomic E-state index is 0.475. The van der Waals surface area contributed by atoms with Gasteiger partial charge in [0.15, 0.2) is 0 Å². The van der Waals surface area contributed by atoms with E-state index in [9.17, 15) is 0 Å². The second-order valence-corrected chi connectivity index (χ2v) is 5.51. The summed E-state index contributed by atoms with van der Waals surface area (Å²) in [5.74, 6) is 0.742. The fourth-order valence-corrected chi connectivity index (χ4v) is 2.42. The van der Waals surface area contributed by atoms with E-state index in [1.165, 1.54) is 18.4 Å². The maximum atomic E-state index is 5.68. The largest absolute Gasteiger partial charge is 0.330 e. The molecule has 1 aromatic carbocycles. The van der Waals surface area contributed by atoms with E-state index in [0.29, 0.717) is 5.41 Å². The van der Waals surface area contributed by atoms with Crippen molar-refractivity contribution in [1.82, 2.24) is 0 Å². The summed E-state index contributed by atoms with van der Waals surface area (Å²) >= 11 is 3.45. The highest BCUT2D eigenvalue weighted by molar-refractivity contribution is 9.10. The van der Waals surface area contributed by atoms with Crippen LogP contribution in [0.1, 0.15) is 18.9 Å². The fourth-order valence-electron chi connectivity index (χ4n) is 2.16. The molecule has 0 spiro atoms. The molecule has 1 fully saturated rings. The van der Waals surface area contributed by atoms with Crippen LogP contribution in [0.2, 0.25) is 0 Å². The molecular formula is C12H16BrN. The number of halogens is 1. The van der Waals surface area contributed by atoms with Gasteiger partial charge in [-0.3, -0.25) is 0 Å². The van der Waals surface area contributed by atoms with Gasteiger partial charge in [-0.1, -0.05) is 35.0 Å². The Kier molecular flexibility index (Phi) is 2.67. The van der Waals surface area contributed by atoms with Crippen molar-refractivity contribution in [2.24, 2.45) is 17.1 Å². The Balaban J connectivity index is 2.02. The van der Waals surface area contributed by atoms with Gasteiger partial charge in [-0.25, -0.2) is 0 Å². The van der Waals surface area contributed by atoms with Crippen molar-refractivity contribution in [2.45, 2.75) is 19.8 Å². The Labute approximate surface area is 93.8 Å². The van der Waals surface area contributed by atoms with E-state index in [1.54, 1.807) is 0 Å². The summed E-state index contributed by atoms with van der Waals surface area (Å²) in [6, 6.07) is 8.61. The van der Waals surface area contributed by atoms with Crippen LogP contribution in [-0.2, 0) is 6.42 Å². The minimum absolute atomic E-state index is 0.475. The molecule has 2 atom stereocenters. The lowest BCUT2D eigenvalue weighted by Gasteiger charge is -2.10. The van der Waals surface area contributed by atoms with Crippen molar-refractivity contribution in [3.8, 4) is 0 Å². The molecule has 2 rings (SSSR count). The lowest BCUT2D eigenvalue weighted by atomic mass is 9.96. The van der Waals surface area contributed by atoms with Crippen LogP contribution in [0.3, 0.4) is 0 Å². The standard InChI is InChI=1S/C12H16BrN/c1-12(7-10(12)8-14)6-9-2-4-11(13)5-3-9/h2-5,10H,6-8,14H2,1H3. The van der Waals surface area contributed by atoms with Gasteiger partial charge in [-0.05, 0) is 48.4 Å². The first-order chi connectivity index (χ1) is 6.64. The molecule has 1 aliphatic carbocycles. The van der Waals surface area contributed by atoms with Gasteiger partial charge in [0.1, 0.15) is 0 Å². The van der Waals surface area contributed by atoms with Crippen molar-refractivity contribution in [3.05, 3.63) is 34.3 Å². The predicted octanol–water partition coefficient (Wildman–Crippen LogP) is 2.98. The summed E-state index contributed by atoms with van der Waals surface area (Å²) in [7, 11) is 0. The third kappa shape index (κ3) is 2.01. The SMILES string of the molecule is CC1(Cc2ccc(Br)cc2)CC1CN. The summed E-state index contributed by atoms with van der Waals surface area (Å²) in [6.07, 6.45) is 2.46. The molecule has 0 saturated heterocycles. The van der Waals surface area contributed by atoms with E-state index >= 15 is 0 Å². The van der Waals surface area contributed by atoms with Crippen molar-refractivity contribution in [1.29, 1.82) is 0 Å². The smallest absolute Gasteiger partial charge is 0.0175 e. The molecule has 0 bridgehead atoms. The quantitative estimate of drug-likeness (QED) is 0.881. The second kappa shape index (κ2) is 3.67. The van der Waals surface area contributed by atoms with Crippen molar-refractivity contribution >= 4 is 15.9 Å². The second-order valence-electron chi connectivity index (χ2n) is 4.59. The molecule has 14 heavy (non-hydrogen) atoms. The third-order valence-electron chi connectivity index (χ3n) is 3.34. The molecule has 1 saturated carbocycles. The molecule has 0 amide bonds. The van der Waals surface area contributed by atoms with Crippen LogP contribution in [0.15, 0.2) is 28.7 Å². The van der Waals surface area contributed by atoms with Crippen LogP contribution in [-0.4, -0.2) is 6.54 Å². The summed E-state index contributed by atoms with van der Waals surface area (Å²) in [5.41, 5.74) is 7.58. The number of rotatable bonds is 3. The zero-order chi connectivity index (χ0) is 10.2. The first-order valence-corrected chi connectivity index (χ1v) is 5.88. The van der Waals surface area contributed by atoms with E-state index in [2.05, 4.69) is 47.1 Å². The highest BCUT2D eigenvalue weighted by Crippen LogP contribution is 2.53. The molecule has 1 nitrogen and oxygen atoms in total. The molecule has 0 aliphatic heterocycles. The highest BCUT2D eigenvalue weighted by Gasteiger charge is 2.48. The summed E-state index contributed by atoms with van der Waals surface area (Å²) in [4.78, 5) is 0. The normalized spacial score (nSPS) is 30.4. The van der Waals surface area contributed by atoms with Gasteiger partial charge in [0.25, 0.3) is 0 Å². The maximum absolute atomic E-state index is 5.68. The number of nitrogens with two attached hydrogens (primary N) is 1. The molecule has 2 unspecified atom stereocenters. The van der Waals surface area contributed by atoms with Crippen LogP contribution in [0.4, 0.5) is 0 Å². The summed E-state index contributed by atoms with van der Waals surface area (Å²) < 4.78 is 1.15. The van der Waals surface area contributed by atoms with Crippen molar-refractivity contribution in [2.75, 3.05) is 6.54 Å². The molecule has 0 aromatic heterocycles. The van der Waals surface area contributed by atoms with E-state index in [0.717, 1.165) is 16.9 Å². The fraction of sp³-hybridized carbons (Fsp3) is 0.500. The van der Waals surface area contributed by atoms with Crippen LogP contribution in [0, 0.1) is 11.3 Å². The summed E-state index contributed by atoms with van der Waals surface area (Å²) in [5, 5.41) is 0. The minimum Gasteiger partial charge on any atom is -0.330 e. The highest BCUT2D eigenvalue weighted by atomic mass is 79.9. The van der Waals surface area contributed by atoms with Crippen LogP contribution < -0.4 is 5.73 Å². The number of hydrogen-bond donors (Lipinski definition) is 1. The van der Waals surface area contributed by atoms with Gasteiger partial charge in [0.2, 0.25) is 0 Å². The Hall–Kier alpha value is -0.340. The molecular weight excluding hydrogens is 238 g/mol. The molecule has 76 valence electrons. The maximum Gasteiger partial charge on any atom is 0.0175 e. The average Bonchev–Trinajstić information content (AvgIpc) is 2.81. The molecule has 1 aromatic rings. The lowest BCUT2D eigenvalue weighted by Crippen LogP contribution is -2.10. The van der Waals surface area contributed by atoms with Gasteiger partial charge >= 0.3 is 0 Å². The lowest BCUT2D eigenvalue weighted by molar-refractivity contribution is 0.504. The molecule has 0 heterocycles. The first-order valence-electron chi connectivity index (χ1n) is 5.08. The Bertz CT molecular complexity index is 320. The van der Waals surface area contributed by atoms with Gasteiger partial charge < -0.3 is 5.73 Å². The van der Waals surface area contributed by atoms with E-state index in [1.807, 2.05) is 0 Å². The third-order valence-corrected chi connectivity index (χ3v) is 3.87. The van der Waals surface area contributed by atoms with Crippen LogP contribution >= 0.6 is 15.9 Å². The molecule has 1 aliphatic rings. The van der Waals surface area contributed by atoms with E-state index in [4.69, 9.17) is 5.73 Å². The van der Waals surface area contributed by atoms with Gasteiger partial charge in [0, 0.05) is 4.47 Å². The zero-order valence-electron chi connectivity index (χ0n) is 8.46. The van der Waals surface area contributed by atoms with E-state index < -0.39 is 0 Å². The van der Waals surface area contributed by atoms with Gasteiger partial charge in [-0.15, -0.1) is 0 Å². The van der Waals surface area contributed by atoms with Crippen molar-refractivity contribution in [3.63, 3.8) is 0 Å². The van der Waals surface area contributed by atoms with Crippen LogP contribution in [0.5, 0.6) is 0 Å². The summed E-state index contributed by atoms with van der Waals surface area (Å²) in [6.45, 7) is 3.18. The topological polar surface area (TPSA) is 26.0 Å². The Morgan fingerprint density at radius 3 is 2.57 bits per heavy atom. The number of hydrogen-bond acceptors (Lipinski definition) is 1. The Morgan fingerprint density at radius 1 is 1.43 bits per heavy atom. The number of benzene rings is 1.